The van der Waals surface area contributed by atoms with Crippen LogP contribution in [0.25, 0.3) is 11.1 Å². The first-order valence-electron chi connectivity index (χ1n) is 13.1. The second-order valence-electron chi connectivity index (χ2n) is 11.9. The van der Waals surface area contributed by atoms with Gasteiger partial charge in [0.15, 0.2) is 25.7 Å². The smallest absolute Gasteiger partial charge is 0.192 e. The van der Waals surface area contributed by atoms with Gasteiger partial charge in [0.25, 0.3) is 0 Å². The number of pyridine rings is 1. The molecular formula is C28H39F2N3O4Si. The van der Waals surface area contributed by atoms with Crippen molar-refractivity contribution >= 4 is 19.8 Å². The van der Waals surface area contributed by atoms with Crippen LogP contribution in [-0.4, -0.2) is 57.2 Å². The summed E-state index contributed by atoms with van der Waals surface area (Å²) in [4.78, 5) is 11.5. The van der Waals surface area contributed by atoms with Crippen molar-refractivity contribution in [1.82, 2.24) is 4.98 Å². The first-order valence-corrected chi connectivity index (χ1v) is 16.0. The highest BCUT2D eigenvalue weighted by Crippen LogP contribution is 2.37. The number of benzene rings is 1. The highest BCUT2D eigenvalue weighted by Gasteiger charge is 2.37. The van der Waals surface area contributed by atoms with E-state index in [0.29, 0.717) is 49.4 Å². The van der Waals surface area contributed by atoms with Crippen LogP contribution in [-0.2, 0) is 25.3 Å². The molecule has 0 N–H and O–H groups in total. The summed E-state index contributed by atoms with van der Waals surface area (Å²) in [6.07, 6.45) is 2.18. The maximum absolute atomic E-state index is 15.4. The minimum Gasteiger partial charge on any atom is -0.412 e. The Hall–Kier alpha value is -2.40. The minimum absolute atomic E-state index is 0.00450. The molecule has 2 aliphatic heterocycles. The number of hydrogen-bond donors (Lipinski definition) is 0. The molecule has 0 spiro atoms. The number of halogens is 2. The Morgan fingerprint density at radius 1 is 1.21 bits per heavy atom. The Labute approximate surface area is 225 Å². The normalized spacial score (nSPS) is 19.4. The quantitative estimate of drug-likeness (QED) is 0.209. The number of nitrogens with zero attached hydrogens (tertiary/aromatic N) is 3. The molecular weight excluding hydrogens is 508 g/mol. The Morgan fingerprint density at radius 3 is 2.58 bits per heavy atom. The standard InChI is InChI=1S/C28H39F2N3O4Si/c1-27(2,3)38(6,7)36-17-19-9-8-10-23(25(19)30)20-13-24(29)26(31-14-20)33-15-21(16-33)32-35-12-11-22-18-34-28(4,5)37-22/h8-10,13-14,22H,11-12,15-18H2,1-7H3. The fourth-order valence-corrected chi connectivity index (χ4v) is 4.98. The molecule has 10 heteroatoms. The van der Waals surface area contributed by atoms with Gasteiger partial charge in [0.1, 0.15) is 12.4 Å². The molecule has 2 saturated heterocycles. The Morgan fingerprint density at radius 2 is 1.95 bits per heavy atom. The summed E-state index contributed by atoms with van der Waals surface area (Å²) in [6.45, 7) is 16.5. The van der Waals surface area contributed by atoms with Gasteiger partial charge in [0.05, 0.1) is 38.1 Å². The molecule has 1 aromatic carbocycles. The van der Waals surface area contributed by atoms with Crippen molar-refractivity contribution < 1.29 is 27.5 Å². The van der Waals surface area contributed by atoms with E-state index in [1.807, 2.05) is 13.8 Å². The number of ether oxygens (including phenoxy) is 2. The molecule has 208 valence electrons. The summed E-state index contributed by atoms with van der Waals surface area (Å²) in [5.74, 6) is -1.26. The van der Waals surface area contributed by atoms with Crippen molar-refractivity contribution in [3.8, 4) is 11.1 Å². The largest absolute Gasteiger partial charge is 0.412 e. The third kappa shape index (κ3) is 6.59. The summed E-state index contributed by atoms with van der Waals surface area (Å²) in [6, 6.07) is 6.44. The molecule has 0 bridgehead atoms. The van der Waals surface area contributed by atoms with Crippen molar-refractivity contribution in [1.29, 1.82) is 0 Å². The maximum atomic E-state index is 15.4. The lowest BCUT2D eigenvalue weighted by Crippen LogP contribution is -2.48. The van der Waals surface area contributed by atoms with E-state index >= 15 is 8.78 Å². The molecule has 1 aromatic heterocycles. The summed E-state index contributed by atoms with van der Waals surface area (Å²) >= 11 is 0. The van der Waals surface area contributed by atoms with Crippen LogP contribution < -0.4 is 4.90 Å². The Bertz CT molecular complexity index is 1180. The highest BCUT2D eigenvalue weighted by atomic mass is 28.4. The molecule has 3 heterocycles. The van der Waals surface area contributed by atoms with E-state index < -0.39 is 25.7 Å². The van der Waals surface area contributed by atoms with E-state index in [9.17, 15) is 0 Å². The molecule has 1 atom stereocenters. The van der Waals surface area contributed by atoms with Gasteiger partial charge in [-0.25, -0.2) is 13.8 Å². The van der Waals surface area contributed by atoms with E-state index in [0.717, 1.165) is 5.71 Å². The second kappa shape index (κ2) is 11.0. The molecule has 1 unspecified atom stereocenters. The van der Waals surface area contributed by atoms with Crippen molar-refractivity contribution in [3.63, 3.8) is 0 Å². The van der Waals surface area contributed by atoms with Crippen molar-refractivity contribution in [2.45, 2.75) is 77.7 Å². The van der Waals surface area contributed by atoms with E-state index in [-0.39, 0.29) is 23.6 Å². The fraction of sp³-hybridized carbons (Fsp3) is 0.571. The summed E-state index contributed by atoms with van der Waals surface area (Å²) in [7, 11) is -2.04. The van der Waals surface area contributed by atoms with Crippen LogP contribution in [0, 0.1) is 11.6 Å². The first kappa shape index (κ1) is 28.6. The van der Waals surface area contributed by atoms with Gasteiger partial charge in [-0.3, -0.25) is 0 Å². The molecule has 0 aliphatic carbocycles. The van der Waals surface area contributed by atoms with Gasteiger partial charge in [-0.2, -0.15) is 0 Å². The van der Waals surface area contributed by atoms with Crippen LogP contribution in [0.3, 0.4) is 0 Å². The Balaban J connectivity index is 1.33. The van der Waals surface area contributed by atoms with Crippen molar-refractivity contribution in [2.75, 3.05) is 31.2 Å². The van der Waals surface area contributed by atoms with Crippen LogP contribution in [0.5, 0.6) is 0 Å². The molecule has 0 amide bonds. The lowest BCUT2D eigenvalue weighted by molar-refractivity contribution is -0.140. The molecule has 0 radical (unpaired) electrons. The molecule has 4 rings (SSSR count). The molecule has 2 fully saturated rings. The predicted octanol–water partition coefficient (Wildman–Crippen LogP) is 6.28. The van der Waals surface area contributed by atoms with E-state index in [4.69, 9.17) is 18.7 Å². The zero-order valence-corrected chi connectivity index (χ0v) is 24.4. The molecule has 2 aromatic rings. The number of oxime groups is 1. The van der Waals surface area contributed by atoms with Crippen molar-refractivity contribution in [2.24, 2.45) is 5.16 Å². The summed E-state index contributed by atoms with van der Waals surface area (Å²) in [5, 5.41) is 4.16. The minimum atomic E-state index is -2.04. The Kier molecular flexibility index (Phi) is 8.28. The number of aromatic nitrogens is 1. The topological polar surface area (TPSA) is 65.4 Å². The lowest BCUT2D eigenvalue weighted by atomic mass is 10.0. The average molecular weight is 548 g/mol. The van der Waals surface area contributed by atoms with E-state index in [1.54, 1.807) is 23.1 Å². The van der Waals surface area contributed by atoms with E-state index in [2.05, 4.69) is 44.0 Å². The fourth-order valence-electron chi connectivity index (χ4n) is 4.03. The van der Waals surface area contributed by atoms with Gasteiger partial charge in [-0.15, -0.1) is 0 Å². The summed E-state index contributed by atoms with van der Waals surface area (Å²) < 4.78 is 47.8. The van der Waals surface area contributed by atoms with Gasteiger partial charge >= 0.3 is 0 Å². The second-order valence-corrected chi connectivity index (χ2v) is 16.8. The molecule has 7 nitrogen and oxygen atoms in total. The third-order valence-corrected chi connectivity index (χ3v) is 11.9. The lowest BCUT2D eigenvalue weighted by Gasteiger charge is -2.36. The SMILES string of the molecule is CC1(C)OCC(CCON=C2CN(c3ncc(-c4cccc(CO[Si](C)(C)C(C)(C)C)c4F)cc3F)C2)O1. The maximum Gasteiger partial charge on any atom is 0.192 e. The first-order chi connectivity index (χ1) is 17.8. The third-order valence-electron chi connectivity index (χ3n) is 7.44. The van der Waals surface area contributed by atoms with Crippen LogP contribution in [0.2, 0.25) is 18.1 Å². The average Bonchev–Trinajstić information content (AvgIpc) is 3.15. The van der Waals surface area contributed by atoms with E-state index in [1.165, 1.54) is 12.3 Å². The zero-order valence-electron chi connectivity index (χ0n) is 23.4. The molecule has 0 saturated carbocycles. The zero-order chi connectivity index (χ0) is 27.7. The summed E-state index contributed by atoms with van der Waals surface area (Å²) in [5.41, 5.74) is 1.95. The number of rotatable bonds is 9. The van der Waals surface area contributed by atoms with Gasteiger partial charge in [0.2, 0.25) is 0 Å². The van der Waals surface area contributed by atoms with Crippen LogP contribution >= 0.6 is 0 Å². The van der Waals surface area contributed by atoms with Gasteiger partial charge in [-0.1, -0.05) is 44.1 Å². The van der Waals surface area contributed by atoms with Crippen LogP contribution in [0.4, 0.5) is 14.6 Å². The van der Waals surface area contributed by atoms with Gasteiger partial charge in [-0.05, 0) is 38.0 Å². The van der Waals surface area contributed by atoms with Gasteiger partial charge < -0.3 is 23.6 Å². The predicted molar refractivity (Wildman–Crippen MR) is 147 cm³/mol. The molecule has 38 heavy (non-hydrogen) atoms. The van der Waals surface area contributed by atoms with Gasteiger partial charge in [0, 0.05) is 29.3 Å². The van der Waals surface area contributed by atoms with Crippen LogP contribution in [0.1, 0.15) is 46.6 Å². The highest BCUT2D eigenvalue weighted by molar-refractivity contribution is 6.74. The van der Waals surface area contributed by atoms with Crippen LogP contribution in [0.15, 0.2) is 35.6 Å². The van der Waals surface area contributed by atoms with Crippen molar-refractivity contribution in [3.05, 3.63) is 47.7 Å². The molecule has 2 aliphatic rings. The number of anilines is 1. The number of hydrogen-bond acceptors (Lipinski definition) is 7. The monoisotopic (exact) mass is 547 g/mol.